The third-order valence-electron chi connectivity index (χ3n) is 5.89. The molecule has 1 amide bonds. The van der Waals surface area contributed by atoms with E-state index < -0.39 is 6.09 Å². The maximum Gasteiger partial charge on any atom is 0.417 e. The van der Waals surface area contributed by atoms with Crippen molar-refractivity contribution in [2.24, 2.45) is 0 Å². The summed E-state index contributed by atoms with van der Waals surface area (Å²) >= 11 is 0. The zero-order chi connectivity index (χ0) is 21.8. The molecule has 0 saturated carbocycles. The standard InChI is InChI=1S/C24H19FN4O3/c1-14-20-11-16-12-28(13-19-10-15-4-2-3-5-21(15)31-19)24(30)32-23(16)26-22(20)29(27-14)18-8-6-17(25)7-9-18/h2-9,11,19H,10,12-13H2,1H3/t19-/m1/s1. The summed E-state index contributed by atoms with van der Waals surface area (Å²) in [6.45, 7) is 2.71. The number of para-hydroxylation sites is 1. The molecular formula is C24H19FN4O3. The van der Waals surface area contributed by atoms with Gasteiger partial charge in [0.15, 0.2) is 5.65 Å². The third kappa shape index (κ3) is 3.07. The molecule has 2 aliphatic rings. The Morgan fingerprint density at radius 1 is 1.12 bits per heavy atom. The summed E-state index contributed by atoms with van der Waals surface area (Å²) in [5.74, 6) is 0.823. The topological polar surface area (TPSA) is 69.5 Å². The van der Waals surface area contributed by atoms with Gasteiger partial charge in [-0.3, -0.25) is 4.90 Å². The highest BCUT2D eigenvalue weighted by Crippen LogP contribution is 2.32. The molecule has 0 radical (unpaired) electrons. The Bertz CT molecular complexity index is 1340. The number of aromatic nitrogens is 3. The van der Waals surface area contributed by atoms with Crippen LogP contribution in [0.5, 0.6) is 11.6 Å². The van der Waals surface area contributed by atoms with Crippen LogP contribution >= 0.6 is 0 Å². The Morgan fingerprint density at radius 3 is 2.75 bits per heavy atom. The molecule has 0 aliphatic carbocycles. The van der Waals surface area contributed by atoms with Crippen LogP contribution in [-0.4, -0.2) is 38.4 Å². The van der Waals surface area contributed by atoms with Gasteiger partial charge in [-0.05, 0) is 48.9 Å². The first-order chi connectivity index (χ1) is 15.5. The first-order valence-electron chi connectivity index (χ1n) is 10.4. The largest absolute Gasteiger partial charge is 0.488 e. The molecule has 0 saturated heterocycles. The maximum absolute atomic E-state index is 13.3. The molecule has 4 heterocycles. The van der Waals surface area contributed by atoms with E-state index in [1.54, 1.807) is 21.7 Å². The monoisotopic (exact) mass is 430 g/mol. The minimum absolute atomic E-state index is 0.110. The van der Waals surface area contributed by atoms with Crippen molar-refractivity contribution in [2.75, 3.05) is 6.54 Å². The number of carbonyl (C=O) groups excluding carboxylic acids is 1. The maximum atomic E-state index is 13.3. The van der Waals surface area contributed by atoms with Crippen molar-refractivity contribution in [3.63, 3.8) is 0 Å². The van der Waals surface area contributed by atoms with Gasteiger partial charge >= 0.3 is 6.09 Å². The van der Waals surface area contributed by atoms with E-state index in [0.717, 1.165) is 34.4 Å². The van der Waals surface area contributed by atoms with Crippen molar-refractivity contribution in [2.45, 2.75) is 26.0 Å². The third-order valence-corrected chi connectivity index (χ3v) is 5.89. The van der Waals surface area contributed by atoms with Crippen molar-refractivity contribution in [3.05, 3.63) is 77.2 Å². The molecular weight excluding hydrogens is 411 g/mol. The molecule has 0 unspecified atom stereocenters. The highest BCUT2D eigenvalue weighted by atomic mass is 19.1. The van der Waals surface area contributed by atoms with Gasteiger partial charge in [-0.15, -0.1) is 0 Å². The van der Waals surface area contributed by atoms with Crippen molar-refractivity contribution in [1.82, 2.24) is 19.7 Å². The van der Waals surface area contributed by atoms with E-state index in [4.69, 9.17) is 9.47 Å². The van der Waals surface area contributed by atoms with Gasteiger partial charge in [0.2, 0.25) is 5.88 Å². The molecule has 0 N–H and O–H groups in total. The molecule has 4 aromatic rings. The van der Waals surface area contributed by atoms with Crippen LogP contribution in [0.1, 0.15) is 16.8 Å². The second-order valence-electron chi connectivity index (χ2n) is 8.10. The lowest BCUT2D eigenvalue weighted by Gasteiger charge is -2.29. The lowest BCUT2D eigenvalue weighted by molar-refractivity contribution is 0.107. The first-order valence-corrected chi connectivity index (χ1v) is 10.4. The number of pyridine rings is 1. The summed E-state index contributed by atoms with van der Waals surface area (Å²) in [4.78, 5) is 18.9. The lowest BCUT2D eigenvalue weighted by Crippen LogP contribution is -2.43. The molecule has 160 valence electrons. The van der Waals surface area contributed by atoms with Gasteiger partial charge in [0.1, 0.15) is 17.7 Å². The number of fused-ring (bicyclic) bond motifs is 3. The van der Waals surface area contributed by atoms with Gasteiger partial charge in [-0.2, -0.15) is 10.1 Å². The van der Waals surface area contributed by atoms with Gasteiger partial charge in [0, 0.05) is 17.4 Å². The van der Waals surface area contributed by atoms with Crippen LogP contribution in [0.15, 0.2) is 54.6 Å². The van der Waals surface area contributed by atoms with E-state index in [9.17, 15) is 9.18 Å². The number of amides is 1. The SMILES string of the molecule is Cc1nn(-c2ccc(F)cc2)c2nc3c(cc12)CN(C[C@H]1Cc2ccccc2O1)C(=O)O3. The van der Waals surface area contributed by atoms with Gasteiger partial charge in [0.25, 0.3) is 0 Å². The predicted molar refractivity (Wildman–Crippen MR) is 115 cm³/mol. The van der Waals surface area contributed by atoms with E-state index >= 15 is 0 Å². The number of rotatable bonds is 3. The Labute approximate surface area is 183 Å². The first kappa shape index (κ1) is 18.8. The fourth-order valence-corrected chi connectivity index (χ4v) is 4.33. The van der Waals surface area contributed by atoms with Crippen LogP contribution in [0, 0.1) is 12.7 Å². The number of ether oxygens (including phenoxy) is 2. The number of hydrogen-bond acceptors (Lipinski definition) is 5. The molecule has 6 rings (SSSR count). The zero-order valence-corrected chi connectivity index (χ0v) is 17.3. The summed E-state index contributed by atoms with van der Waals surface area (Å²) in [5, 5.41) is 5.42. The second-order valence-corrected chi connectivity index (χ2v) is 8.10. The molecule has 8 heteroatoms. The van der Waals surface area contributed by atoms with Gasteiger partial charge in [0.05, 0.1) is 24.5 Å². The Hall–Kier alpha value is -3.94. The molecule has 0 bridgehead atoms. The van der Waals surface area contributed by atoms with Crippen LogP contribution in [0.4, 0.5) is 9.18 Å². The van der Waals surface area contributed by atoms with E-state index in [2.05, 4.69) is 10.1 Å². The van der Waals surface area contributed by atoms with Crippen LogP contribution < -0.4 is 9.47 Å². The fourth-order valence-electron chi connectivity index (χ4n) is 4.33. The van der Waals surface area contributed by atoms with Gasteiger partial charge in [-0.25, -0.2) is 13.9 Å². The quantitative estimate of drug-likeness (QED) is 0.488. The summed E-state index contributed by atoms with van der Waals surface area (Å²) in [6, 6.07) is 15.9. The number of benzene rings is 2. The highest BCUT2D eigenvalue weighted by Gasteiger charge is 2.32. The minimum atomic E-state index is -0.450. The van der Waals surface area contributed by atoms with Gasteiger partial charge < -0.3 is 9.47 Å². The molecule has 32 heavy (non-hydrogen) atoms. The average Bonchev–Trinajstić information content (AvgIpc) is 3.34. The molecule has 0 spiro atoms. The molecule has 2 aliphatic heterocycles. The van der Waals surface area contributed by atoms with E-state index in [1.807, 2.05) is 37.3 Å². The van der Waals surface area contributed by atoms with Gasteiger partial charge in [-0.1, -0.05) is 18.2 Å². The number of carbonyl (C=O) groups is 1. The van der Waals surface area contributed by atoms with E-state index in [1.165, 1.54) is 12.1 Å². The molecule has 0 fully saturated rings. The molecule has 2 aromatic heterocycles. The Balaban J connectivity index is 1.29. The van der Waals surface area contributed by atoms with E-state index in [-0.39, 0.29) is 17.8 Å². The smallest absolute Gasteiger partial charge is 0.417 e. The molecule has 7 nitrogen and oxygen atoms in total. The zero-order valence-electron chi connectivity index (χ0n) is 17.3. The van der Waals surface area contributed by atoms with Crippen molar-refractivity contribution >= 4 is 17.1 Å². The van der Waals surface area contributed by atoms with Crippen molar-refractivity contribution in [1.29, 1.82) is 0 Å². The summed E-state index contributed by atoms with van der Waals surface area (Å²) in [7, 11) is 0. The van der Waals surface area contributed by atoms with Crippen LogP contribution in [0.2, 0.25) is 0 Å². The number of nitrogens with zero attached hydrogens (tertiary/aromatic N) is 4. The lowest BCUT2D eigenvalue weighted by atomic mass is 10.1. The van der Waals surface area contributed by atoms with Crippen LogP contribution in [-0.2, 0) is 13.0 Å². The fraction of sp³-hybridized carbons (Fsp3) is 0.208. The molecule has 2 aromatic carbocycles. The minimum Gasteiger partial charge on any atom is -0.488 e. The number of halogens is 1. The normalized spacial score (nSPS) is 17.1. The molecule has 1 atom stereocenters. The second kappa shape index (κ2) is 7.05. The van der Waals surface area contributed by atoms with Crippen molar-refractivity contribution in [3.8, 4) is 17.3 Å². The van der Waals surface area contributed by atoms with E-state index in [0.29, 0.717) is 24.4 Å². The summed E-state index contributed by atoms with van der Waals surface area (Å²) in [6.07, 6.45) is 0.197. The highest BCUT2D eigenvalue weighted by molar-refractivity contribution is 5.83. The number of hydrogen-bond donors (Lipinski definition) is 0. The van der Waals surface area contributed by atoms with Crippen LogP contribution in [0.3, 0.4) is 0 Å². The summed E-state index contributed by atoms with van der Waals surface area (Å²) in [5.41, 5.74) is 3.99. The van der Waals surface area contributed by atoms with Crippen molar-refractivity contribution < 1.29 is 18.7 Å². The van der Waals surface area contributed by atoms with Crippen LogP contribution in [0.25, 0.3) is 16.7 Å². The summed E-state index contributed by atoms with van der Waals surface area (Å²) < 4.78 is 26.5. The average molecular weight is 430 g/mol. The number of aryl methyl sites for hydroxylation is 1. The Morgan fingerprint density at radius 2 is 1.94 bits per heavy atom. The predicted octanol–water partition coefficient (Wildman–Crippen LogP) is 4.19. The Kier molecular flexibility index (Phi) is 4.14.